The molecule has 1 atom stereocenters. The summed E-state index contributed by atoms with van der Waals surface area (Å²) in [5.74, 6) is -1.51. The van der Waals surface area contributed by atoms with Crippen LogP contribution in [0.4, 0.5) is 27.6 Å². The minimum Gasteiger partial charge on any atom is -0.396 e. The molecule has 2 N–H and O–H groups in total. The van der Waals surface area contributed by atoms with Gasteiger partial charge < -0.3 is 10.3 Å². The average Bonchev–Trinajstić information content (AvgIpc) is 2.72. The van der Waals surface area contributed by atoms with E-state index in [1.54, 1.807) is 25.3 Å². The molecule has 3 nitrogen and oxygen atoms in total. The molecule has 168 valence electrons. The van der Waals surface area contributed by atoms with E-state index in [2.05, 4.69) is 4.99 Å². The van der Waals surface area contributed by atoms with Crippen LogP contribution in [0.1, 0.15) is 44.7 Å². The summed E-state index contributed by atoms with van der Waals surface area (Å²) in [4.78, 5) is 4.43. The highest BCUT2D eigenvalue weighted by Gasteiger charge is 2.34. The summed E-state index contributed by atoms with van der Waals surface area (Å²) in [5, 5.41) is 0.428. The Bertz CT molecular complexity index is 1030. The number of rotatable bonds is 4. The van der Waals surface area contributed by atoms with Gasteiger partial charge in [0.15, 0.2) is 0 Å². The molecule has 0 bridgehead atoms. The molecule has 0 saturated carbocycles. The fourth-order valence-corrected chi connectivity index (χ4v) is 3.18. The van der Waals surface area contributed by atoms with Crippen LogP contribution in [-0.2, 0) is 12.7 Å². The molecule has 0 saturated heterocycles. The maximum Gasteiger partial charge on any atom is 0.419 e. The molecule has 0 amide bonds. The highest BCUT2D eigenvalue weighted by atomic mass is 19.4. The summed E-state index contributed by atoms with van der Waals surface area (Å²) in [7, 11) is 0. The fourth-order valence-electron chi connectivity index (χ4n) is 3.18. The third kappa shape index (κ3) is 6.06. The zero-order valence-electron chi connectivity index (χ0n) is 17.7. The minimum absolute atomic E-state index is 0.109. The predicted molar refractivity (Wildman–Crippen MR) is 112 cm³/mol. The van der Waals surface area contributed by atoms with E-state index in [0.29, 0.717) is 29.8 Å². The van der Waals surface area contributed by atoms with Gasteiger partial charge in [0.05, 0.1) is 22.6 Å². The van der Waals surface area contributed by atoms with Crippen molar-refractivity contribution in [2.45, 2.75) is 52.4 Å². The van der Waals surface area contributed by atoms with Gasteiger partial charge in [0, 0.05) is 36.5 Å². The Morgan fingerprint density at radius 2 is 1.87 bits per heavy atom. The number of hydrogen-bond acceptors (Lipinski definition) is 2. The monoisotopic (exact) mass is 439 g/mol. The first-order valence-corrected chi connectivity index (χ1v) is 10.1. The lowest BCUT2D eigenvalue weighted by Crippen LogP contribution is -2.18. The molecule has 0 fully saturated rings. The van der Waals surface area contributed by atoms with Gasteiger partial charge in [-0.2, -0.15) is 13.2 Å². The van der Waals surface area contributed by atoms with Crippen LogP contribution in [0.5, 0.6) is 0 Å². The van der Waals surface area contributed by atoms with Crippen LogP contribution >= 0.6 is 0 Å². The van der Waals surface area contributed by atoms with E-state index >= 15 is 0 Å². The van der Waals surface area contributed by atoms with E-state index in [4.69, 9.17) is 5.73 Å². The number of pyridine rings is 1. The fraction of sp³-hybridized carbons (Fsp3) is 0.348. The molecule has 1 aromatic carbocycles. The Hall–Kier alpha value is -2.90. The number of halogens is 5. The van der Waals surface area contributed by atoms with E-state index in [0.717, 1.165) is 6.07 Å². The van der Waals surface area contributed by atoms with Gasteiger partial charge in [0.25, 0.3) is 0 Å². The number of hydrogen-bond donors (Lipinski definition) is 1. The number of allylic oxidation sites excluding steroid dienone is 2. The molecule has 0 radical (unpaired) electrons. The van der Waals surface area contributed by atoms with Crippen LogP contribution in [0, 0.1) is 5.82 Å². The topological polar surface area (TPSA) is 43.3 Å². The van der Waals surface area contributed by atoms with Gasteiger partial charge in [-0.1, -0.05) is 38.1 Å². The summed E-state index contributed by atoms with van der Waals surface area (Å²) in [6, 6.07) is 4.29. The molecular formula is C23H26F5N3. The number of nitrogens with zero attached hydrogens (tertiary/aromatic N) is 2. The SMILES string of the molecule is CC.CC(N=c1ccn(Cc2cccc(C(F)(F)F)c2F)cc1N)C1=C(F)CCC=C1. The number of aromatic nitrogens is 1. The van der Waals surface area contributed by atoms with Crippen molar-refractivity contribution in [2.24, 2.45) is 4.99 Å². The van der Waals surface area contributed by atoms with E-state index in [1.807, 2.05) is 19.9 Å². The number of alkyl halides is 3. The first kappa shape index (κ1) is 24.4. The number of benzene rings is 1. The van der Waals surface area contributed by atoms with Crippen molar-refractivity contribution in [1.29, 1.82) is 0 Å². The van der Waals surface area contributed by atoms with Gasteiger partial charge in [-0.05, 0) is 25.5 Å². The molecule has 2 aromatic rings. The first-order chi connectivity index (χ1) is 14.7. The Kier molecular flexibility index (Phi) is 8.19. The molecule has 1 heterocycles. The van der Waals surface area contributed by atoms with Gasteiger partial charge in [0.2, 0.25) is 0 Å². The van der Waals surface area contributed by atoms with Crippen LogP contribution < -0.4 is 11.1 Å². The van der Waals surface area contributed by atoms with E-state index < -0.39 is 23.6 Å². The summed E-state index contributed by atoms with van der Waals surface area (Å²) < 4.78 is 68.3. The van der Waals surface area contributed by atoms with Gasteiger partial charge in [-0.25, -0.2) is 8.78 Å². The quantitative estimate of drug-likeness (QED) is 0.569. The van der Waals surface area contributed by atoms with Crippen LogP contribution in [0.3, 0.4) is 0 Å². The average molecular weight is 439 g/mol. The third-order valence-electron chi connectivity index (χ3n) is 4.69. The van der Waals surface area contributed by atoms with Crippen molar-refractivity contribution < 1.29 is 22.0 Å². The van der Waals surface area contributed by atoms with Crippen molar-refractivity contribution in [2.75, 3.05) is 5.73 Å². The van der Waals surface area contributed by atoms with Crippen molar-refractivity contribution in [3.8, 4) is 0 Å². The van der Waals surface area contributed by atoms with E-state index in [9.17, 15) is 22.0 Å². The molecule has 0 aliphatic heterocycles. The third-order valence-corrected chi connectivity index (χ3v) is 4.69. The van der Waals surface area contributed by atoms with Crippen molar-refractivity contribution in [1.82, 2.24) is 4.57 Å². The Labute approximate surface area is 178 Å². The van der Waals surface area contributed by atoms with E-state index in [1.165, 1.54) is 16.8 Å². The molecule has 1 aliphatic carbocycles. The first-order valence-electron chi connectivity index (χ1n) is 10.1. The van der Waals surface area contributed by atoms with Crippen molar-refractivity contribution in [3.05, 3.63) is 82.5 Å². The predicted octanol–water partition coefficient (Wildman–Crippen LogP) is 6.17. The van der Waals surface area contributed by atoms with Gasteiger partial charge >= 0.3 is 6.18 Å². The largest absolute Gasteiger partial charge is 0.419 e. The normalized spacial score (nSPS) is 15.5. The highest BCUT2D eigenvalue weighted by Crippen LogP contribution is 2.32. The van der Waals surface area contributed by atoms with Crippen LogP contribution in [0.25, 0.3) is 0 Å². The summed E-state index contributed by atoms with van der Waals surface area (Å²) in [5.41, 5.74) is 5.35. The zero-order valence-corrected chi connectivity index (χ0v) is 17.7. The standard InChI is InChI=1S/C21H20F5N3.C2H6/c1-13(15-6-2-3-8-17(15)22)28-19-9-10-29(12-18(19)27)11-14-5-4-7-16(20(14)23)21(24,25)26;1-2/h2,4-7,9-10,12-13H,3,8,11,27H2,1H3;1-2H3. The molecule has 0 spiro atoms. The summed E-state index contributed by atoms with van der Waals surface area (Å²) >= 11 is 0. The lowest BCUT2D eigenvalue weighted by atomic mass is 10.0. The lowest BCUT2D eigenvalue weighted by Gasteiger charge is -2.15. The number of anilines is 1. The van der Waals surface area contributed by atoms with Crippen LogP contribution in [0.2, 0.25) is 0 Å². The maximum absolute atomic E-state index is 14.2. The molecule has 8 heteroatoms. The Morgan fingerprint density at radius 3 is 2.48 bits per heavy atom. The molecule has 1 aliphatic rings. The second kappa shape index (κ2) is 10.4. The number of nitrogen functional groups attached to an aromatic ring is 1. The summed E-state index contributed by atoms with van der Waals surface area (Å²) in [6.45, 7) is 5.63. The van der Waals surface area contributed by atoms with Crippen molar-refractivity contribution in [3.63, 3.8) is 0 Å². The lowest BCUT2D eigenvalue weighted by molar-refractivity contribution is -0.140. The van der Waals surface area contributed by atoms with Crippen molar-refractivity contribution >= 4 is 5.69 Å². The van der Waals surface area contributed by atoms with E-state index in [-0.39, 0.29) is 23.6 Å². The summed E-state index contributed by atoms with van der Waals surface area (Å²) in [6.07, 6.45) is 2.84. The zero-order chi connectivity index (χ0) is 23.2. The Morgan fingerprint density at radius 1 is 1.16 bits per heavy atom. The molecular weight excluding hydrogens is 413 g/mol. The minimum atomic E-state index is -4.76. The highest BCUT2D eigenvalue weighted by molar-refractivity contribution is 5.36. The molecule has 3 rings (SSSR count). The van der Waals surface area contributed by atoms with Crippen LogP contribution in [-0.4, -0.2) is 10.6 Å². The second-order valence-corrected chi connectivity index (χ2v) is 6.84. The molecule has 31 heavy (non-hydrogen) atoms. The maximum atomic E-state index is 14.2. The van der Waals surface area contributed by atoms with Gasteiger partial charge in [-0.15, -0.1) is 0 Å². The Balaban J connectivity index is 0.00000166. The second-order valence-electron chi connectivity index (χ2n) is 6.84. The van der Waals surface area contributed by atoms with Gasteiger partial charge in [-0.3, -0.25) is 4.99 Å². The van der Waals surface area contributed by atoms with Gasteiger partial charge in [0.1, 0.15) is 11.6 Å². The molecule has 1 aromatic heterocycles. The van der Waals surface area contributed by atoms with Crippen LogP contribution in [0.15, 0.2) is 65.2 Å². The smallest absolute Gasteiger partial charge is 0.396 e. The number of nitrogens with two attached hydrogens (primary N) is 1. The molecule has 1 unspecified atom stereocenters.